The van der Waals surface area contributed by atoms with Crippen molar-refractivity contribution >= 4 is 9.84 Å². The van der Waals surface area contributed by atoms with E-state index < -0.39 is 9.84 Å². The Kier molecular flexibility index (Phi) is 4.29. The Morgan fingerprint density at radius 2 is 1.75 bits per heavy atom. The number of hydrogen-bond acceptors (Lipinski definition) is 4. The summed E-state index contributed by atoms with van der Waals surface area (Å²) < 4.78 is 33.9. The molecule has 0 amide bonds. The highest BCUT2D eigenvalue weighted by molar-refractivity contribution is 7.90. The molecule has 0 atom stereocenters. The number of rotatable bonds is 5. The maximum Gasteiger partial charge on any atom is 0.179 e. The lowest BCUT2D eigenvalue weighted by atomic mass is 10.2. The van der Waals surface area contributed by atoms with Crippen LogP contribution < -0.4 is 9.47 Å². The first kappa shape index (κ1) is 14.4. The van der Waals surface area contributed by atoms with Crippen molar-refractivity contribution in [1.82, 2.24) is 0 Å². The van der Waals surface area contributed by atoms with Gasteiger partial charge in [-0.05, 0) is 17.7 Å². The molecule has 0 radical (unpaired) electrons. The molecule has 0 aromatic heterocycles. The minimum absolute atomic E-state index is 0.159. The summed E-state index contributed by atoms with van der Waals surface area (Å²) in [6.07, 6.45) is 1.15. The van der Waals surface area contributed by atoms with Crippen molar-refractivity contribution in [3.63, 3.8) is 0 Å². The monoisotopic (exact) mass is 292 g/mol. The molecule has 0 aliphatic heterocycles. The van der Waals surface area contributed by atoms with E-state index in [0.717, 1.165) is 11.8 Å². The van der Waals surface area contributed by atoms with E-state index in [-0.39, 0.29) is 10.6 Å². The summed E-state index contributed by atoms with van der Waals surface area (Å²) in [4.78, 5) is 0.159. The molecule has 0 unspecified atom stereocenters. The van der Waals surface area contributed by atoms with Crippen molar-refractivity contribution in [2.75, 3.05) is 13.4 Å². The van der Waals surface area contributed by atoms with E-state index in [1.54, 1.807) is 12.1 Å². The summed E-state index contributed by atoms with van der Waals surface area (Å²) in [5.74, 6) is 0.858. The summed E-state index contributed by atoms with van der Waals surface area (Å²) in [6, 6.07) is 14.4. The SMILES string of the molecule is COc1cc(OCc2ccccc2)ccc1S(C)(=O)=O. The van der Waals surface area contributed by atoms with E-state index >= 15 is 0 Å². The predicted octanol–water partition coefficient (Wildman–Crippen LogP) is 2.68. The molecule has 0 N–H and O–H groups in total. The highest BCUT2D eigenvalue weighted by Gasteiger charge is 2.14. The fourth-order valence-electron chi connectivity index (χ4n) is 1.78. The molecule has 0 fully saturated rings. The fraction of sp³-hybridized carbons (Fsp3) is 0.200. The van der Waals surface area contributed by atoms with Crippen LogP contribution in [0.25, 0.3) is 0 Å². The third-order valence-electron chi connectivity index (χ3n) is 2.78. The van der Waals surface area contributed by atoms with Crippen molar-refractivity contribution in [3.05, 3.63) is 54.1 Å². The lowest BCUT2D eigenvalue weighted by Gasteiger charge is -2.10. The Bertz CT molecular complexity index is 678. The predicted molar refractivity (Wildman–Crippen MR) is 76.9 cm³/mol. The number of hydrogen-bond donors (Lipinski definition) is 0. The summed E-state index contributed by atoms with van der Waals surface area (Å²) in [5, 5.41) is 0. The molecule has 2 aromatic carbocycles. The van der Waals surface area contributed by atoms with Crippen LogP contribution in [0.15, 0.2) is 53.4 Å². The van der Waals surface area contributed by atoms with E-state index in [0.29, 0.717) is 12.4 Å². The molecule has 5 heteroatoms. The van der Waals surface area contributed by atoms with E-state index in [9.17, 15) is 8.42 Å². The van der Waals surface area contributed by atoms with Gasteiger partial charge >= 0.3 is 0 Å². The van der Waals surface area contributed by atoms with Gasteiger partial charge in [-0.25, -0.2) is 8.42 Å². The fourth-order valence-corrected chi connectivity index (χ4v) is 2.61. The third kappa shape index (κ3) is 3.51. The van der Waals surface area contributed by atoms with Gasteiger partial charge in [0.05, 0.1) is 7.11 Å². The smallest absolute Gasteiger partial charge is 0.179 e. The summed E-state index contributed by atoms with van der Waals surface area (Å²) in [6.45, 7) is 0.419. The van der Waals surface area contributed by atoms with Gasteiger partial charge in [0.15, 0.2) is 9.84 Å². The van der Waals surface area contributed by atoms with Gasteiger partial charge in [-0.15, -0.1) is 0 Å². The van der Waals surface area contributed by atoms with Crippen LogP contribution in [0.3, 0.4) is 0 Å². The van der Waals surface area contributed by atoms with Gasteiger partial charge in [0.25, 0.3) is 0 Å². The Labute approximate surface area is 118 Å². The molecule has 0 bridgehead atoms. The molecule has 20 heavy (non-hydrogen) atoms. The molecule has 4 nitrogen and oxygen atoms in total. The highest BCUT2D eigenvalue weighted by atomic mass is 32.2. The lowest BCUT2D eigenvalue weighted by Crippen LogP contribution is -2.02. The van der Waals surface area contributed by atoms with E-state index in [4.69, 9.17) is 9.47 Å². The van der Waals surface area contributed by atoms with Crippen molar-refractivity contribution in [3.8, 4) is 11.5 Å². The van der Waals surface area contributed by atoms with Gasteiger partial charge in [0.1, 0.15) is 23.0 Å². The van der Waals surface area contributed by atoms with Crippen molar-refractivity contribution in [1.29, 1.82) is 0 Å². The van der Waals surface area contributed by atoms with Crippen molar-refractivity contribution < 1.29 is 17.9 Å². The normalized spacial score (nSPS) is 11.1. The Morgan fingerprint density at radius 1 is 1.05 bits per heavy atom. The summed E-state index contributed by atoms with van der Waals surface area (Å²) in [7, 11) is -1.87. The van der Waals surface area contributed by atoms with Gasteiger partial charge in [0.2, 0.25) is 0 Å². The number of benzene rings is 2. The first-order chi connectivity index (χ1) is 9.50. The van der Waals surface area contributed by atoms with Gasteiger partial charge in [-0.2, -0.15) is 0 Å². The first-order valence-corrected chi connectivity index (χ1v) is 7.94. The second kappa shape index (κ2) is 5.96. The Morgan fingerprint density at radius 3 is 2.35 bits per heavy atom. The second-order valence-electron chi connectivity index (χ2n) is 4.36. The zero-order valence-electron chi connectivity index (χ0n) is 11.4. The molecule has 0 saturated carbocycles. The summed E-state index contributed by atoms with van der Waals surface area (Å²) >= 11 is 0. The maximum atomic E-state index is 11.6. The molecule has 2 aromatic rings. The van der Waals surface area contributed by atoms with Crippen LogP contribution in [0.2, 0.25) is 0 Å². The van der Waals surface area contributed by atoms with Crippen LogP contribution in [0.1, 0.15) is 5.56 Å². The Hall–Kier alpha value is -2.01. The van der Waals surface area contributed by atoms with E-state index in [1.807, 2.05) is 30.3 Å². The van der Waals surface area contributed by atoms with Crippen LogP contribution in [-0.4, -0.2) is 21.8 Å². The zero-order valence-corrected chi connectivity index (χ0v) is 12.2. The highest BCUT2D eigenvalue weighted by Crippen LogP contribution is 2.28. The van der Waals surface area contributed by atoms with Crippen molar-refractivity contribution in [2.45, 2.75) is 11.5 Å². The molecule has 2 rings (SSSR count). The molecule has 106 valence electrons. The standard InChI is InChI=1S/C15H16O4S/c1-18-14-10-13(8-9-15(14)20(2,16)17)19-11-12-6-4-3-5-7-12/h3-10H,11H2,1-2H3. The molecule has 0 spiro atoms. The van der Waals surface area contributed by atoms with Crippen LogP contribution in [0, 0.1) is 0 Å². The average Bonchev–Trinajstić information content (AvgIpc) is 2.45. The maximum absolute atomic E-state index is 11.6. The quantitative estimate of drug-likeness (QED) is 0.850. The Balaban J connectivity index is 2.18. The molecular formula is C15H16O4S. The largest absolute Gasteiger partial charge is 0.495 e. The van der Waals surface area contributed by atoms with Gasteiger partial charge in [-0.3, -0.25) is 0 Å². The first-order valence-electron chi connectivity index (χ1n) is 6.05. The minimum atomic E-state index is -3.31. The molecular weight excluding hydrogens is 276 g/mol. The minimum Gasteiger partial charge on any atom is -0.495 e. The lowest BCUT2D eigenvalue weighted by molar-refractivity contribution is 0.303. The van der Waals surface area contributed by atoms with Crippen LogP contribution >= 0.6 is 0 Å². The van der Waals surface area contributed by atoms with Gasteiger partial charge in [-0.1, -0.05) is 30.3 Å². The molecule has 0 saturated heterocycles. The topological polar surface area (TPSA) is 52.6 Å². The number of ether oxygens (including phenoxy) is 2. The molecule has 0 aliphatic carbocycles. The van der Waals surface area contributed by atoms with Gasteiger partial charge < -0.3 is 9.47 Å². The van der Waals surface area contributed by atoms with E-state index in [1.165, 1.54) is 13.2 Å². The van der Waals surface area contributed by atoms with Crippen LogP contribution in [-0.2, 0) is 16.4 Å². The summed E-state index contributed by atoms with van der Waals surface area (Å²) in [5.41, 5.74) is 1.04. The van der Waals surface area contributed by atoms with Crippen molar-refractivity contribution in [2.24, 2.45) is 0 Å². The zero-order chi connectivity index (χ0) is 14.6. The third-order valence-corrected chi connectivity index (χ3v) is 3.92. The molecule has 0 aliphatic rings. The molecule has 0 heterocycles. The average molecular weight is 292 g/mol. The van der Waals surface area contributed by atoms with Gasteiger partial charge in [0, 0.05) is 12.3 Å². The van der Waals surface area contributed by atoms with E-state index in [2.05, 4.69) is 0 Å². The van der Waals surface area contributed by atoms with Crippen LogP contribution in [0.4, 0.5) is 0 Å². The number of methoxy groups -OCH3 is 1. The number of sulfone groups is 1. The van der Waals surface area contributed by atoms with Crippen LogP contribution in [0.5, 0.6) is 11.5 Å². The second-order valence-corrected chi connectivity index (χ2v) is 6.34.